The predicted octanol–water partition coefficient (Wildman–Crippen LogP) is 2.62. The molecule has 0 radical (unpaired) electrons. The Balaban J connectivity index is 2.53. The smallest absolute Gasteiger partial charge is 0.328 e. The minimum absolute atomic E-state index is 0.0515. The summed E-state index contributed by atoms with van der Waals surface area (Å²) in [6, 6.07) is 1.87. The molecule has 0 saturated heterocycles. The van der Waals surface area contributed by atoms with Crippen molar-refractivity contribution in [3.63, 3.8) is 0 Å². The van der Waals surface area contributed by atoms with E-state index >= 15 is 0 Å². The number of hydrogen-bond acceptors (Lipinski definition) is 4. The van der Waals surface area contributed by atoms with Crippen LogP contribution >= 0.6 is 11.3 Å². The SMILES string of the molecule is CN(Cc1csc(/C=C/C(=O)O)c1)C(=O)COC(C)(C)C. The molecule has 116 valence electrons. The van der Waals surface area contributed by atoms with Gasteiger partial charge in [-0.15, -0.1) is 11.3 Å². The highest BCUT2D eigenvalue weighted by molar-refractivity contribution is 7.11. The van der Waals surface area contributed by atoms with Crippen molar-refractivity contribution >= 4 is 29.3 Å². The van der Waals surface area contributed by atoms with Crippen LogP contribution in [0.4, 0.5) is 0 Å². The zero-order chi connectivity index (χ0) is 16.0. The normalized spacial score (nSPS) is 11.8. The van der Waals surface area contributed by atoms with Crippen LogP contribution in [0, 0.1) is 0 Å². The maximum atomic E-state index is 11.9. The highest BCUT2D eigenvalue weighted by Gasteiger charge is 2.16. The first kappa shape index (κ1) is 17.4. The van der Waals surface area contributed by atoms with E-state index in [9.17, 15) is 9.59 Å². The molecule has 0 saturated carbocycles. The first-order valence-electron chi connectivity index (χ1n) is 6.54. The summed E-state index contributed by atoms with van der Waals surface area (Å²) >= 11 is 1.44. The Bertz CT molecular complexity index is 528. The van der Waals surface area contributed by atoms with Crippen molar-refractivity contribution in [2.45, 2.75) is 32.9 Å². The number of ether oxygens (including phenoxy) is 1. The second-order valence-electron chi connectivity index (χ2n) is 5.68. The van der Waals surface area contributed by atoms with Gasteiger partial charge in [0.15, 0.2) is 0 Å². The third-order valence-corrected chi connectivity index (χ3v) is 3.49. The van der Waals surface area contributed by atoms with Crippen LogP contribution in [0.2, 0.25) is 0 Å². The zero-order valence-corrected chi connectivity index (χ0v) is 13.6. The minimum Gasteiger partial charge on any atom is -0.478 e. The largest absolute Gasteiger partial charge is 0.478 e. The summed E-state index contributed by atoms with van der Waals surface area (Å²) < 4.78 is 5.46. The van der Waals surface area contributed by atoms with E-state index in [2.05, 4.69) is 0 Å². The quantitative estimate of drug-likeness (QED) is 0.820. The molecule has 0 aromatic carbocycles. The third kappa shape index (κ3) is 7.06. The number of likely N-dealkylation sites (N-methyl/N-ethyl adjacent to an activating group) is 1. The van der Waals surface area contributed by atoms with Crippen LogP contribution in [0.3, 0.4) is 0 Å². The van der Waals surface area contributed by atoms with Crippen molar-refractivity contribution in [1.82, 2.24) is 4.90 Å². The molecule has 0 aliphatic carbocycles. The fourth-order valence-corrected chi connectivity index (χ4v) is 2.26. The molecular weight excluding hydrogens is 290 g/mol. The molecule has 1 N–H and O–H groups in total. The summed E-state index contributed by atoms with van der Waals surface area (Å²) in [5, 5.41) is 10.5. The molecule has 0 atom stereocenters. The molecule has 0 aliphatic rings. The van der Waals surface area contributed by atoms with Crippen LogP contribution in [0.15, 0.2) is 17.5 Å². The standard InChI is InChI=1S/C15H21NO4S/c1-15(2,3)20-9-13(17)16(4)8-11-7-12(21-10-11)5-6-14(18)19/h5-7,10H,8-9H2,1-4H3,(H,18,19)/b6-5+. The van der Waals surface area contributed by atoms with Gasteiger partial charge in [-0.1, -0.05) is 0 Å². The van der Waals surface area contributed by atoms with Crippen molar-refractivity contribution in [3.8, 4) is 0 Å². The van der Waals surface area contributed by atoms with E-state index in [1.54, 1.807) is 18.0 Å². The summed E-state index contributed by atoms with van der Waals surface area (Å²) in [6.07, 6.45) is 2.64. The van der Waals surface area contributed by atoms with Gasteiger partial charge in [0, 0.05) is 24.5 Å². The average molecular weight is 311 g/mol. The molecule has 5 nitrogen and oxygen atoms in total. The molecule has 0 spiro atoms. The number of carbonyl (C=O) groups excluding carboxylic acids is 1. The predicted molar refractivity (Wildman–Crippen MR) is 83.2 cm³/mol. The van der Waals surface area contributed by atoms with Gasteiger partial charge < -0.3 is 14.7 Å². The Labute approximate surface area is 128 Å². The number of hydrogen-bond donors (Lipinski definition) is 1. The zero-order valence-electron chi connectivity index (χ0n) is 12.8. The second kappa shape index (κ2) is 7.38. The maximum absolute atomic E-state index is 11.9. The Hall–Kier alpha value is -1.66. The molecular formula is C15H21NO4S. The van der Waals surface area contributed by atoms with Crippen LogP contribution in [0.25, 0.3) is 6.08 Å². The van der Waals surface area contributed by atoms with E-state index in [-0.39, 0.29) is 18.1 Å². The van der Waals surface area contributed by atoms with Crippen molar-refractivity contribution in [1.29, 1.82) is 0 Å². The van der Waals surface area contributed by atoms with Crippen molar-refractivity contribution < 1.29 is 19.4 Å². The van der Waals surface area contributed by atoms with Crippen LogP contribution in [0.5, 0.6) is 0 Å². The third-order valence-electron chi connectivity index (χ3n) is 2.54. The maximum Gasteiger partial charge on any atom is 0.328 e. The number of carboxylic acids is 1. The highest BCUT2D eigenvalue weighted by atomic mass is 32.1. The molecule has 1 heterocycles. The lowest BCUT2D eigenvalue weighted by atomic mass is 10.2. The summed E-state index contributed by atoms with van der Waals surface area (Å²) in [5.41, 5.74) is 0.630. The first-order chi connectivity index (χ1) is 9.67. The molecule has 0 fully saturated rings. The van der Waals surface area contributed by atoms with Gasteiger partial charge in [0.2, 0.25) is 5.91 Å². The fourth-order valence-electron chi connectivity index (χ4n) is 1.47. The van der Waals surface area contributed by atoms with E-state index in [1.807, 2.05) is 32.2 Å². The van der Waals surface area contributed by atoms with Crippen molar-refractivity contribution in [3.05, 3.63) is 28.0 Å². The molecule has 1 rings (SSSR count). The summed E-state index contributed by atoms with van der Waals surface area (Å²) in [6.45, 7) is 6.24. The number of nitrogens with zero attached hydrogens (tertiary/aromatic N) is 1. The number of aliphatic carboxylic acids is 1. The van der Waals surface area contributed by atoms with E-state index in [0.29, 0.717) is 6.54 Å². The Morgan fingerprint density at radius 1 is 1.43 bits per heavy atom. The molecule has 0 bridgehead atoms. The highest BCUT2D eigenvalue weighted by Crippen LogP contribution is 2.18. The lowest BCUT2D eigenvalue weighted by Gasteiger charge is -2.22. The number of carboxylic acid groups (broad SMARTS) is 1. The van der Waals surface area contributed by atoms with Crippen LogP contribution < -0.4 is 0 Å². The summed E-state index contributed by atoms with van der Waals surface area (Å²) in [7, 11) is 1.72. The lowest BCUT2D eigenvalue weighted by molar-refractivity contribution is -0.140. The molecule has 6 heteroatoms. The second-order valence-corrected chi connectivity index (χ2v) is 6.62. The van der Waals surface area contributed by atoms with Crippen molar-refractivity contribution in [2.24, 2.45) is 0 Å². The average Bonchev–Trinajstić information content (AvgIpc) is 2.80. The molecule has 21 heavy (non-hydrogen) atoms. The van der Waals surface area contributed by atoms with Crippen LogP contribution in [0.1, 0.15) is 31.2 Å². The van der Waals surface area contributed by atoms with Gasteiger partial charge >= 0.3 is 5.97 Å². The molecule has 0 unspecified atom stereocenters. The topological polar surface area (TPSA) is 66.8 Å². The number of thiophene rings is 1. The number of rotatable bonds is 6. The lowest BCUT2D eigenvalue weighted by Crippen LogP contribution is -2.33. The molecule has 1 amide bonds. The summed E-state index contributed by atoms with van der Waals surface area (Å²) in [5.74, 6) is -1.06. The molecule has 0 aliphatic heterocycles. The van der Waals surface area contributed by atoms with E-state index in [4.69, 9.17) is 9.84 Å². The van der Waals surface area contributed by atoms with E-state index in [0.717, 1.165) is 16.5 Å². The first-order valence-corrected chi connectivity index (χ1v) is 7.41. The van der Waals surface area contributed by atoms with Crippen LogP contribution in [-0.4, -0.2) is 41.1 Å². The Morgan fingerprint density at radius 3 is 2.67 bits per heavy atom. The molecule has 1 aromatic rings. The van der Waals surface area contributed by atoms with Gasteiger partial charge in [-0.3, -0.25) is 4.79 Å². The van der Waals surface area contributed by atoms with Gasteiger partial charge in [-0.05, 0) is 43.9 Å². The van der Waals surface area contributed by atoms with Gasteiger partial charge in [0.25, 0.3) is 0 Å². The van der Waals surface area contributed by atoms with Gasteiger partial charge in [0.05, 0.1) is 5.60 Å². The Kier molecular flexibility index (Phi) is 6.11. The van der Waals surface area contributed by atoms with Gasteiger partial charge in [-0.25, -0.2) is 4.79 Å². The van der Waals surface area contributed by atoms with E-state index in [1.165, 1.54) is 11.3 Å². The summed E-state index contributed by atoms with van der Waals surface area (Å²) in [4.78, 5) is 24.8. The monoisotopic (exact) mass is 311 g/mol. The Morgan fingerprint density at radius 2 is 2.10 bits per heavy atom. The molecule has 1 aromatic heterocycles. The van der Waals surface area contributed by atoms with Gasteiger partial charge in [0.1, 0.15) is 6.61 Å². The van der Waals surface area contributed by atoms with Gasteiger partial charge in [-0.2, -0.15) is 0 Å². The number of amides is 1. The van der Waals surface area contributed by atoms with Crippen LogP contribution in [-0.2, 0) is 20.9 Å². The van der Waals surface area contributed by atoms with Crippen molar-refractivity contribution in [2.75, 3.05) is 13.7 Å². The minimum atomic E-state index is -0.975. The van der Waals surface area contributed by atoms with E-state index < -0.39 is 5.97 Å². The number of carbonyl (C=O) groups is 2. The fraction of sp³-hybridized carbons (Fsp3) is 0.467.